The van der Waals surface area contributed by atoms with Gasteiger partial charge < -0.3 is 10.1 Å². The maximum Gasteiger partial charge on any atom is 0.142 e. The van der Waals surface area contributed by atoms with Crippen LogP contribution in [0.2, 0.25) is 0 Å². The molecule has 2 atom stereocenters. The van der Waals surface area contributed by atoms with E-state index in [0.717, 1.165) is 42.6 Å². The summed E-state index contributed by atoms with van der Waals surface area (Å²) in [5.41, 5.74) is 2.05. The van der Waals surface area contributed by atoms with Gasteiger partial charge in [0.05, 0.1) is 23.6 Å². The fourth-order valence-corrected chi connectivity index (χ4v) is 4.06. The normalized spacial score (nSPS) is 21.5. The van der Waals surface area contributed by atoms with Crippen LogP contribution < -0.4 is 5.32 Å². The van der Waals surface area contributed by atoms with Crippen molar-refractivity contribution >= 4 is 11.3 Å². The van der Waals surface area contributed by atoms with Gasteiger partial charge in [-0.05, 0) is 51.9 Å². The molecule has 1 fully saturated rings. The van der Waals surface area contributed by atoms with E-state index >= 15 is 0 Å². The smallest absolute Gasteiger partial charge is 0.142 e. The summed E-state index contributed by atoms with van der Waals surface area (Å²) in [6.45, 7) is 9.48. The van der Waals surface area contributed by atoms with Gasteiger partial charge in [0, 0.05) is 31.2 Å². The minimum atomic E-state index is 0.361. The first kappa shape index (κ1) is 18.5. The molecule has 3 heterocycles. The second-order valence-electron chi connectivity index (χ2n) is 6.76. The van der Waals surface area contributed by atoms with Crippen LogP contribution in [0, 0.1) is 0 Å². The van der Waals surface area contributed by atoms with Crippen molar-refractivity contribution in [2.45, 2.75) is 45.4 Å². The second-order valence-corrected chi connectivity index (χ2v) is 7.62. The Labute approximate surface area is 154 Å². The van der Waals surface area contributed by atoms with Gasteiger partial charge in [0.25, 0.3) is 0 Å². The Morgan fingerprint density at radius 1 is 1.24 bits per heavy atom. The lowest BCUT2D eigenvalue weighted by Crippen LogP contribution is -2.45. The lowest BCUT2D eigenvalue weighted by molar-refractivity contribution is -0.0681. The molecule has 0 spiro atoms. The summed E-state index contributed by atoms with van der Waals surface area (Å²) in [6, 6.07) is 5.93. The van der Waals surface area contributed by atoms with Crippen molar-refractivity contribution in [1.29, 1.82) is 0 Å². The van der Waals surface area contributed by atoms with Gasteiger partial charge in [-0.1, -0.05) is 6.07 Å². The van der Waals surface area contributed by atoms with Gasteiger partial charge in [-0.25, -0.2) is 4.98 Å². The number of rotatable bonds is 8. The maximum absolute atomic E-state index is 5.78. The summed E-state index contributed by atoms with van der Waals surface area (Å²) in [6.07, 6.45) is 4.95. The molecule has 1 aliphatic heterocycles. The molecular formula is C19H28N4OS. The van der Waals surface area contributed by atoms with Crippen molar-refractivity contribution in [2.75, 3.05) is 26.2 Å². The predicted octanol–water partition coefficient (Wildman–Crippen LogP) is 3.18. The molecule has 0 saturated carbocycles. The zero-order chi connectivity index (χ0) is 17.5. The van der Waals surface area contributed by atoms with Gasteiger partial charge in [-0.3, -0.25) is 9.88 Å². The number of morpholine rings is 1. The van der Waals surface area contributed by atoms with Crippen LogP contribution in [-0.2, 0) is 11.3 Å². The third kappa shape index (κ3) is 5.85. The highest BCUT2D eigenvalue weighted by molar-refractivity contribution is 7.13. The molecule has 1 saturated heterocycles. The highest BCUT2D eigenvalue weighted by atomic mass is 32.1. The van der Waals surface area contributed by atoms with Gasteiger partial charge in [-0.2, -0.15) is 0 Å². The Morgan fingerprint density at radius 2 is 2.08 bits per heavy atom. The first-order valence-electron chi connectivity index (χ1n) is 9.15. The van der Waals surface area contributed by atoms with E-state index < -0.39 is 0 Å². The SMILES string of the molecule is CC1CN(CCCCNCc2csc(-c3ccccn3)n2)CC(C)O1. The average Bonchev–Trinajstić information content (AvgIpc) is 3.07. The lowest BCUT2D eigenvalue weighted by Gasteiger charge is -2.35. The standard InChI is InChI=1S/C19H28N4OS/c1-15-12-23(13-16(2)24-15)10-6-5-8-20-11-17-14-25-19(22-17)18-7-3-4-9-21-18/h3-4,7,9,14-16,20H,5-6,8,10-13H2,1-2H3. The number of hydrogen-bond acceptors (Lipinski definition) is 6. The monoisotopic (exact) mass is 360 g/mol. The van der Waals surface area contributed by atoms with E-state index in [1.807, 2.05) is 24.4 Å². The minimum Gasteiger partial charge on any atom is -0.373 e. The zero-order valence-electron chi connectivity index (χ0n) is 15.1. The van der Waals surface area contributed by atoms with E-state index in [1.54, 1.807) is 11.3 Å². The van der Waals surface area contributed by atoms with Crippen molar-refractivity contribution in [3.8, 4) is 10.7 Å². The Balaban J connectivity index is 1.31. The summed E-state index contributed by atoms with van der Waals surface area (Å²) in [7, 11) is 0. The molecule has 0 radical (unpaired) electrons. The van der Waals surface area contributed by atoms with E-state index in [2.05, 4.69) is 39.4 Å². The number of ether oxygens (including phenoxy) is 1. The average molecular weight is 361 g/mol. The topological polar surface area (TPSA) is 50.3 Å². The molecule has 136 valence electrons. The fraction of sp³-hybridized carbons (Fsp3) is 0.579. The molecule has 2 unspecified atom stereocenters. The molecule has 2 aromatic heterocycles. The zero-order valence-corrected chi connectivity index (χ0v) is 16.0. The van der Waals surface area contributed by atoms with E-state index in [0.29, 0.717) is 12.2 Å². The summed E-state index contributed by atoms with van der Waals surface area (Å²) < 4.78 is 5.78. The third-order valence-corrected chi connectivity index (χ3v) is 5.23. The number of nitrogens with one attached hydrogen (secondary N) is 1. The van der Waals surface area contributed by atoms with Crippen molar-refractivity contribution < 1.29 is 4.74 Å². The van der Waals surface area contributed by atoms with E-state index in [1.165, 1.54) is 19.4 Å². The number of pyridine rings is 1. The van der Waals surface area contributed by atoms with E-state index in [-0.39, 0.29) is 0 Å². The Morgan fingerprint density at radius 3 is 2.84 bits per heavy atom. The van der Waals surface area contributed by atoms with Crippen LogP contribution in [0.1, 0.15) is 32.4 Å². The first-order valence-corrected chi connectivity index (χ1v) is 10.0. The molecule has 3 rings (SSSR count). The second kappa shape index (κ2) is 9.38. The van der Waals surface area contributed by atoms with Crippen LogP contribution in [0.25, 0.3) is 10.7 Å². The molecule has 5 nitrogen and oxygen atoms in total. The van der Waals surface area contributed by atoms with E-state index in [4.69, 9.17) is 4.74 Å². The van der Waals surface area contributed by atoms with Crippen LogP contribution >= 0.6 is 11.3 Å². The molecule has 1 aliphatic rings. The van der Waals surface area contributed by atoms with Gasteiger partial charge in [-0.15, -0.1) is 11.3 Å². The van der Waals surface area contributed by atoms with Crippen LogP contribution in [-0.4, -0.2) is 53.3 Å². The number of hydrogen-bond donors (Lipinski definition) is 1. The minimum absolute atomic E-state index is 0.361. The van der Waals surface area contributed by atoms with Crippen molar-refractivity contribution in [1.82, 2.24) is 20.2 Å². The largest absolute Gasteiger partial charge is 0.373 e. The van der Waals surface area contributed by atoms with Crippen LogP contribution in [0.5, 0.6) is 0 Å². The number of nitrogens with zero attached hydrogens (tertiary/aromatic N) is 3. The molecule has 0 aliphatic carbocycles. The van der Waals surface area contributed by atoms with Crippen molar-refractivity contribution in [2.24, 2.45) is 0 Å². The fourth-order valence-electron chi connectivity index (χ4n) is 3.26. The molecule has 1 N–H and O–H groups in total. The number of aromatic nitrogens is 2. The van der Waals surface area contributed by atoms with Gasteiger partial charge in [0.1, 0.15) is 5.01 Å². The molecule has 2 aromatic rings. The molecule has 0 bridgehead atoms. The molecule has 0 aromatic carbocycles. The van der Waals surface area contributed by atoms with E-state index in [9.17, 15) is 0 Å². The summed E-state index contributed by atoms with van der Waals surface area (Å²) in [4.78, 5) is 11.5. The van der Waals surface area contributed by atoms with Crippen LogP contribution in [0.15, 0.2) is 29.8 Å². The van der Waals surface area contributed by atoms with Gasteiger partial charge in [0.2, 0.25) is 0 Å². The molecule has 6 heteroatoms. The lowest BCUT2D eigenvalue weighted by atomic mass is 10.2. The first-order chi connectivity index (χ1) is 12.2. The highest BCUT2D eigenvalue weighted by Crippen LogP contribution is 2.21. The quantitative estimate of drug-likeness (QED) is 0.733. The molecule has 0 amide bonds. The number of thiazole rings is 1. The highest BCUT2D eigenvalue weighted by Gasteiger charge is 2.21. The molecule has 25 heavy (non-hydrogen) atoms. The molecular weight excluding hydrogens is 332 g/mol. The van der Waals surface area contributed by atoms with Gasteiger partial charge in [0.15, 0.2) is 0 Å². The maximum atomic E-state index is 5.78. The Bertz CT molecular complexity index is 623. The van der Waals surface area contributed by atoms with Crippen LogP contribution in [0.3, 0.4) is 0 Å². The summed E-state index contributed by atoms with van der Waals surface area (Å²) in [5, 5.41) is 6.61. The van der Waals surface area contributed by atoms with Crippen molar-refractivity contribution in [3.05, 3.63) is 35.5 Å². The summed E-state index contributed by atoms with van der Waals surface area (Å²) in [5.74, 6) is 0. The van der Waals surface area contributed by atoms with Crippen molar-refractivity contribution in [3.63, 3.8) is 0 Å². The number of unbranched alkanes of at least 4 members (excludes halogenated alkanes) is 1. The summed E-state index contributed by atoms with van der Waals surface area (Å²) >= 11 is 1.66. The van der Waals surface area contributed by atoms with Gasteiger partial charge >= 0.3 is 0 Å². The van der Waals surface area contributed by atoms with Crippen LogP contribution in [0.4, 0.5) is 0 Å². The Kier molecular flexibility index (Phi) is 6.93. The Hall–Kier alpha value is -1.34. The predicted molar refractivity (Wildman–Crippen MR) is 103 cm³/mol. The third-order valence-electron chi connectivity index (χ3n) is 4.32.